The van der Waals surface area contributed by atoms with Crippen LogP contribution in [0.1, 0.15) is 17.0 Å². The Bertz CT molecular complexity index is 794. The maximum absolute atomic E-state index is 11.8. The van der Waals surface area contributed by atoms with E-state index in [4.69, 9.17) is 4.74 Å². The van der Waals surface area contributed by atoms with Crippen LogP contribution in [0, 0.1) is 13.8 Å². The first-order valence-electron chi connectivity index (χ1n) is 7.22. The van der Waals surface area contributed by atoms with E-state index in [0.717, 1.165) is 11.4 Å². The van der Waals surface area contributed by atoms with Gasteiger partial charge < -0.3 is 9.84 Å². The van der Waals surface area contributed by atoms with Gasteiger partial charge in [0.15, 0.2) is 16.7 Å². The lowest BCUT2D eigenvalue weighted by Gasteiger charge is -2.06. The van der Waals surface area contributed by atoms with Crippen LogP contribution >= 0.6 is 27.7 Å². The number of carbonyl (C=O) groups excluding carboxylic acids is 1. The van der Waals surface area contributed by atoms with Gasteiger partial charge in [-0.2, -0.15) is 5.10 Å². The molecule has 132 valence electrons. The molecule has 0 aliphatic carbocycles. The minimum Gasteiger partial charge on any atom is -0.503 e. The normalized spacial score (nSPS) is 10.9. The fourth-order valence-corrected chi connectivity index (χ4v) is 3.12. The Kier molecular flexibility index (Phi) is 6.77. The highest BCUT2D eigenvalue weighted by Gasteiger charge is 2.08. The molecule has 1 aromatic heterocycles. The summed E-state index contributed by atoms with van der Waals surface area (Å²) >= 11 is 4.47. The van der Waals surface area contributed by atoms with Gasteiger partial charge in [0.05, 0.1) is 23.5 Å². The molecular weight excluding hydrogens is 408 g/mol. The Morgan fingerprint density at radius 2 is 2.04 bits per heavy atom. The van der Waals surface area contributed by atoms with Crippen LogP contribution in [0.5, 0.6) is 11.5 Å². The number of phenolic OH excluding ortho intramolecular Hbond substituents is 1. The molecule has 0 saturated carbocycles. The van der Waals surface area contributed by atoms with Crippen LogP contribution in [0.25, 0.3) is 0 Å². The second-order valence-electron chi connectivity index (χ2n) is 5.07. The zero-order valence-electron chi connectivity index (χ0n) is 13.9. The molecule has 1 aromatic carbocycles. The Morgan fingerprint density at radius 1 is 1.36 bits per heavy atom. The monoisotopic (exact) mass is 424 g/mol. The lowest BCUT2D eigenvalue weighted by Crippen LogP contribution is -2.19. The van der Waals surface area contributed by atoms with Crippen molar-refractivity contribution in [2.75, 3.05) is 12.9 Å². The number of benzene rings is 1. The van der Waals surface area contributed by atoms with Crippen LogP contribution in [-0.2, 0) is 4.79 Å². The van der Waals surface area contributed by atoms with E-state index in [0.29, 0.717) is 20.9 Å². The third-order valence-corrected chi connectivity index (χ3v) is 4.42. The molecule has 2 N–H and O–H groups in total. The molecule has 0 saturated heterocycles. The third-order valence-electron chi connectivity index (χ3n) is 2.97. The predicted molar refractivity (Wildman–Crippen MR) is 100 cm³/mol. The summed E-state index contributed by atoms with van der Waals surface area (Å²) in [6.45, 7) is 3.76. The lowest BCUT2D eigenvalue weighted by molar-refractivity contribution is -0.118. The van der Waals surface area contributed by atoms with Crippen molar-refractivity contribution >= 4 is 39.8 Å². The molecule has 0 bridgehead atoms. The molecule has 9 heteroatoms. The number of aromatic hydroxyl groups is 1. The van der Waals surface area contributed by atoms with Gasteiger partial charge in [-0.15, -0.1) is 0 Å². The van der Waals surface area contributed by atoms with E-state index < -0.39 is 0 Å². The summed E-state index contributed by atoms with van der Waals surface area (Å²) in [5.74, 6) is 0.204. The van der Waals surface area contributed by atoms with Crippen molar-refractivity contribution in [2.24, 2.45) is 5.10 Å². The average Bonchev–Trinajstić information content (AvgIpc) is 2.55. The van der Waals surface area contributed by atoms with Crippen molar-refractivity contribution in [1.82, 2.24) is 15.4 Å². The van der Waals surface area contributed by atoms with Crippen LogP contribution in [0.3, 0.4) is 0 Å². The molecule has 0 aliphatic rings. The number of carbonyl (C=O) groups is 1. The molecule has 0 aliphatic heterocycles. The van der Waals surface area contributed by atoms with Gasteiger partial charge in [-0.25, -0.2) is 15.4 Å². The van der Waals surface area contributed by atoms with E-state index in [1.54, 1.807) is 12.1 Å². The van der Waals surface area contributed by atoms with Crippen molar-refractivity contribution < 1.29 is 14.6 Å². The first-order valence-corrected chi connectivity index (χ1v) is 9.00. The zero-order valence-corrected chi connectivity index (χ0v) is 16.3. The van der Waals surface area contributed by atoms with E-state index >= 15 is 0 Å². The number of aromatic nitrogens is 2. The lowest BCUT2D eigenvalue weighted by atomic mass is 10.2. The third kappa shape index (κ3) is 5.71. The second-order valence-corrected chi connectivity index (χ2v) is 6.87. The molecule has 0 fully saturated rings. The molecule has 0 spiro atoms. The first kappa shape index (κ1) is 19.2. The number of hydrogen-bond donors (Lipinski definition) is 2. The fourth-order valence-electron chi connectivity index (χ4n) is 1.92. The summed E-state index contributed by atoms with van der Waals surface area (Å²) in [6, 6.07) is 5.14. The van der Waals surface area contributed by atoms with Crippen molar-refractivity contribution in [2.45, 2.75) is 19.0 Å². The molecule has 0 unspecified atom stereocenters. The van der Waals surface area contributed by atoms with Gasteiger partial charge in [0.25, 0.3) is 5.91 Å². The number of rotatable bonds is 6. The van der Waals surface area contributed by atoms with Crippen LogP contribution in [0.2, 0.25) is 0 Å². The quantitative estimate of drug-likeness (QED) is 0.320. The summed E-state index contributed by atoms with van der Waals surface area (Å²) in [6.07, 6.45) is 1.46. The maximum atomic E-state index is 11.8. The number of aryl methyl sites for hydroxylation is 2. The topological polar surface area (TPSA) is 96.7 Å². The second kappa shape index (κ2) is 8.82. The van der Waals surface area contributed by atoms with Gasteiger partial charge in [-0.05, 0) is 53.5 Å². The van der Waals surface area contributed by atoms with Crippen molar-refractivity contribution in [3.63, 3.8) is 0 Å². The largest absolute Gasteiger partial charge is 0.503 e. The Morgan fingerprint density at radius 3 is 2.68 bits per heavy atom. The van der Waals surface area contributed by atoms with Gasteiger partial charge in [0.2, 0.25) is 0 Å². The van der Waals surface area contributed by atoms with Gasteiger partial charge in [-0.3, -0.25) is 4.79 Å². The van der Waals surface area contributed by atoms with Crippen LogP contribution in [0.15, 0.2) is 32.9 Å². The molecule has 1 heterocycles. The van der Waals surface area contributed by atoms with E-state index in [1.807, 2.05) is 19.9 Å². The standard InChI is InChI=1S/C16H17BrN4O3S/c1-9-4-10(2)20-16(19-9)25-8-14(22)21-18-7-11-5-12(17)15(23)13(6-11)24-3/h4-7,23H,8H2,1-3H3,(H,21,22)/b18-7-. The number of hydrogen-bond acceptors (Lipinski definition) is 7. The number of thioether (sulfide) groups is 1. The number of halogens is 1. The molecule has 7 nitrogen and oxygen atoms in total. The predicted octanol–water partition coefficient (Wildman–Crippen LogP) is 2.81. The number of nitrogens with one attached hydrogen (secondary N) is 1. The van der Waals surface area contributed by atoms with Gasteiger partial charge in [0.1, 0.15) is 0 Å². The SMILES string of the molecule is COc1cc(/C=N\NC(=O)CSc2nc(C)cc(C)n2)cc(Br)c1O. The summed E-state index contributed by atoms with van der Waals surface area (Å²) in [4.78, 5) is 20.4. The molecule has 0 radical (unpaired) electrons. The van der Waals surface area contributed by atoms with Crippen molar-refractivity contribution in [3.8, 4) is 11.5 Å². The Hall–Kier alpha value is -2.13. The highest BCUT2D eigenvalue weighted by Crippen LogP contribution is 2.34. The summed E-state index contributed by atoms with van der Waals surface area (Å²) in [7, 11) is 1.45. The van der Waals surface area contributed by atoms with Crippen LogP contribution in [0.4, 0.5) is 0 Å². The van der Waals surface area contributed by atoms with Crippen molar-refractivity contribution in [3.05, 3.63) is 39.6 Å². The Balaban J connectivity index is 1.91. The van der Waals surface area contributed by atoms with Gasteiger partial charge in [0, 0.05) is 11.4 Å². The molecule has 25 heavy (non-hydrogen) atoms. The number of methoxy groups -OCH3 is 1. The van der Waals surface area contributed by atoms with Crippen LogP contribution in [-0.4, -0.2) is 40.1 Å². The number of ether oxygens (including phenoxy) is 1. The number of amides is 1. The highest BCUT2D eigenvalue weighted by atomic mass is 79.9. The van der Waals surface area contributed by atoms with E-state index in [-0.39, 0.29) is 17.4 Å². The van der Waals surface area contributed by atoms with Crippen molar-refractivity contribution in [1.29, 1.82) is 0 Å². The summed E-state index contributed by atoms with van der Waals surface area (Å²) < 4.78 is 5.53. The number of nitrogens with zero attached hydrogens (tertiary/aromatic N) is 3. The molecular formula is C16H17BrN4O3S. The fraction of sp³-hybridized carbons (Fsp3) is 0.250. The van der Waals surface area contributed by atoms with E-state index in [1.165, 1.54) is 25.1 Å². The van der Waals surface area contributed by atoms with Gasteiger partial charge in [-0.1, -0.05) is 11.8 Å². The minimum absolute atomic E-state index is 0.00790. The van der Waals surface area contributed by atoms with E-state index in [2.05, 4.69) is 36.4 Å². The molecule has 2 aromatic rings. The molecule has 0 atom stereocenters. The summed E-state index contributed by atoms with van der Waals surface area (Å²) in [5.41, 5.74) is 4.82. The number of hydrazone groups is 1. The first-order chi connectivity index (χ1) is 11.9. The average molecular weight is 425 g/mol. The zero-order chi connectivity index (χ0) is 18.4. The Labute approximate surface area is 158 Å². The van der Waals surface area contributed by atoms with Gasteiger partial charge >= 0.3 is 0 Å². The smallest absolute Gasteiger partial charge is 0.250 e. The maximum Gasteiger partial charge on any atom is 0.250 e. The summed E-state index contributed by atoms with van der Waals surface area (Å²) in [5, 5.41) is 14.2. The highest BCUT2D eigenvalue weighted by molar-refractivity contribution is 9.10. The van der Waals surface area contributed by atoms with Crippen LogP contribution < -0.4 is 10.2 Å². The molecule has 1 amide bonds. The molecule has 2 rings (SSSR count). The van der Waals surface area contributed by atoms with E-state index in [9.17, 15) is 9.90 Å². The minimum atomic E-state index is -0.270. The number of phenols is 1.